The summed E-state index contributed by atoms with van der Waals surface area (Å²) in [6.45, 7) is 3.42. The van der Waals surface area contributed by atoms with Gasteiger partial charge in [-0.05, 0) is 19.2 Å². The van der Waals surface area contributed by atoms with Gasteiger partial charge in [-0.15, -0.1) is 0 Å². The third-order valence-electron chi connectivity index (χ3n) is 3.61. The molecule has 0 bridgehead atoms. The Bertz CT molecular complexity index is 424. The van der Waals surface area contributed by atoms with Crippen LogP contribution < -0.4 is 10.5 Å². The molecule has 110 valence electrons. The number of rotatable bonds is 5. The van der Waals surface area contributed by atoms with Crippen molar-refractivity contribution in [3.63, 3.8) is 0 Å². The van der Waals surface area contributed by atoms with Crippen LogP contribution in [-0.4, -0.2) is 61.6 Å². The molecule has 1 aliphatic heterocycles. The van der Waals surface area contributed by atoms with E-state index in [-0.39, 0.29) is 11.9 Å². The van der Waals surface area contributed by atoms with E-state index in [0.717, 1.165) is 25.4 Å². The van der Waals surface area contributed by atoms with Crippen molar-refractivity contribution in [2.45, 2.75) is 12.5 Å². The van der Waals surface area contributed by atoms with Crippen LogP contribution in [-0.2, 0) is 4.79 Å². The first kappa shape index (κ1) is 14.8. The van der Waals surface area contributed by atoms with Crippen molar-refractivity contribution in [2.24, 2.45) is 5.73 Å². The van der Waals surface area contributed by atoms with Gasteiger partial charge in [0.15, 0.2) is 0 Å². The lowest BCUT2D eigenvalue weighted by Gasteiger charge is -2.39. The standard InChI is InChI=1S/C15H23N3O2/c1-17-8-9-18(13(11-16)12-17)15(19)7-10-20-14-5-3-2-4-6-14/h2-6,13H,7-12,16H2,1H3. The van der Waals surface area contributed by atoms with Crippen molar-refractivity contribution in [2.75, 3.05) is 39.8 Å². The molecule has 1 atom stereocenters. The van der Waals surface area contributed by atoms with Gasteiger partial charge in [0.05, 0.1) is 19.1 Å². The van der Waals surface area contributed by atoms with Crippen molar-refractivity contribution in [3.8, 4) is 5.75 Å². The van der Waals surface area contributed by atoms with Crippen LogP contribution in [0.25, 0.3) is 0 Å². The molecule has 20 heavy (non-hydrogen) atoms. The summed E-state index contributed by atoms with van der Waals surface area (Å²) in [6, 6.07) is 9.68. The number of ether oxygens (including phenoxy) is 1. The van der Waals surface area contributed by atoms with Gasteiger partial charge in [0.2, 0.25) is 5.91 Å². The Kier molecular flexibility index (Phi) is 5.38. The molecule has 2 rings (SSSR count). The summed E-state index contributed by atoms with van der Waals surface area (Å²) in [4.78, 5) is 16.3. The molecule has 1 aromatic carbocycles. The van der Waals surface area contributed by atoms with Crippen LogP contribution in [0.5, 0.6) is 5.75 Å². The lowest BCUT2D eigenvalue weighted by atomic mass is 10.1. The summed E-state index contributed by atoms with van der Waals surface area (Å²) in [6.07, 6.45) is 0.398. The van der Waals surface area contributed by atoms with Crippen LogP contribution in [0.3, 0.4) is 0 Å². The predicted molar refractivity (Wildman–Crippen MR) is 78.6 cm³/mol. The second kappa shape index (κ2) is 7.26. The zero-order valence-corrected chi connectivity index (χ0v) is 12.0. The van der Waals surface area contributed by atoms with Gasteiger partial charge in [0.25, 0.3) is 0 Å². The Hall–Kier alpha value is -1.59. The Morgan fingerprint density at radius 3 is 2.80 bits per heavy atom. The maximum absolute atomic E-state index is 12.2. The average Bonchev–Trinajstić information content (AvgIpc) is 2.48. The van der Waals surface area contributed by atoms with Crippen molar-refractivity contribution in [1.29, 1.82) is 0 Å². The number of piperazine rings is 1. The maximum atomic E-state index is 12.2. The largest absolute Gasteiger partial charge is 0.493 e. The number of nitrogens with zero attached hydrogens (tertiary/aromatic N) is 2. The molecule has 5 heteroatoms. The number of carbonyl (C=O) groups excluding carboxylic acids is 1. The number of carbonyl (C=O) groups is 1. The van der Waals surface area contributed by atoms with Crippen molar-refractivity contribution in [3.05, 3.63) is 30.3 Å². The molecule has 1 aliphatic rings. The van der Waals surface area contributed by atoms with Gasteiger partial charge in [0, 0.05) is 26.2 Å². The fraction of sp³-hybridized carbons (Fsp3) is 0.533. The fourth-order valence-corrected chi connectivity index (χ4v) is 2.46. The summed E-state index contributed by atoms with van der Waals surface area (Å²) in [7, 11) is 2.06. The zero-order chi connectivity index (χ0) is 14.4. The van der Waals surface area contributed by atoms with Crippen LogP contribution in [0.4, 0.5) is 0 Å². The van der Waals surface area contributed by atoms with E-state index in [1.807, 2.05) is 35.2 Å². The molecule has 1 aromatic rings. The molecule has 2 N–H and O–H groups in total. The molecule has 1 amide bonds. The third kappa shape index (κ3) is 3.95. The number of amides is 1. The van der Waals surface area contributed by atoms with E-state index in [2.05, 4.69) is 11.9 Å². The highest BCUT2D eigenvalue weighted by molar-refractivity contribution is 5.76. The summed E-state index contributed by atoms with van der Waals surface area (Å²) in [5, 5.41) is 0. The normalized spacial score (nSPS) is 19.9. The molecule has 1 fully saturated rings. The molecule has 5 nitrogen and oxygen atoms in total. The minimum Gasteiger partial charge on any atom is -0.493 e. The quantitative estimate of drug-likeness (QED) is 0.854. The van der Waals surface area contributed by atoms with Gasteiger partial charge in [-0.3, -0.25) is 4.79 Å². The fourth-order valence-electron chi connectivity index (χ4n) is 2.46. The van der Waals surface area contributed by atoms with E-state index in [0.29, 0.717) is 19.6 Å². The van der Waals surface area contributed by atoms with E-state index in [9.17, 15) is 4.79 Å². The number of hydrogen-bond acceptors (Lipinski definition) is 4. The topological polar surface area (TPSA) is 58.8 Å². The van der Waals surface area contributed by atoms with Crippen molar-refractivity contribution < 1.29 is 9.53 Å². The molecule has 1 saturated heterocycles. The third-order valence-corrected chi connectivity index (χ3v) is 3.61. The van der Waals surface area contributed by atoms with Crippen molar-refractivity contribution in [1.82, 2.24) is 9.80 Å². The summed E-state index contributed by atoms with van der Waals surface area (Å²) in [5.74, 6) is 0.929. The number of para-hydroxylation sites is 1. The number of hydrogen-bond donors (Lipinski definition) is 1. The van der Waals surface area contributed by atoms with Gasteiger partial charge in [-0.25, -0.2) is 0 Å². The van der Waals surface area contributed by atoms with E-state index < -0.39 is 0 Å². The Balaban J connectivity index is 1.79. The highest BCUT2D eigenvalue weighted by Crippen LogP contribution is 2.11. The minimum atomic E-state index is 0.123. The number of likely N-dealkylation sites (N-methyl/N-ethyl adjacent to an activating group) is 1. The average molecular weight is 277 g/mol. The lowest BCUT2D eigenvalue weighted by Crippen LogP contribution is -2.56. The second-order valence-electron chi connectivity index (χ2n) is 5.15. The number of benzene rings is 1. The van der Waals surface area contributed by atoms with Crippen LogP contribution in [0.15, 0.2) is 30.3 Å². The molecular weight excluding hydrogens is 254 g/mol. The Labute approximate surface area is 120 Å². The molecule has 0 spiro atoms. The summed E-state index contributed by atoms with van der Waals surface area (Å²) >= 11 is 0. The molecule has 1 unspecified atom stereocenters. The maximum Gasteiger partial charge on any atom is 0.226 e. The number of nitrogens with two attached hydrogens (primary N) is 1. The molecule has 0 aliphatic carbocycles. The van der Waals surface area contributed by atoms with Crippen molar-refractivity contribution >= 4 is 5.91 Å². The molecule has 0 radical (unpaired) electrons. The predicted octanol–water partition coefficient (Wildman–Crippen LogP) is 0.557. The molecular formula is C15H23N3O2. The van der Waals surface area contributed by atoms with Crippen LogP contribution in [0.2, 0.25) is 0 Å². The van der Waals surface area contributed by atoms with Crippen LogP contribution in [0, 0.1) is 0 Å². The van der Waals surface area contributed by atoms with Crippen LogP contribution in [0.1, 0.15) is 6.42 Å². The van der Waals surface area contributed by atoms with Gasteiger partial charge in [-0.1, -0.05) is 18.2 Å². The minimum absolute atomic E-state index is 0.123. The zero-order valence-electron chi connectivity index (χ0n) is 12.0. The Morgan fingerprint density at radius 2 is 2.10 bits per heavy atom. The van der Waals surface area contributed by atoms with Gasteiger partial charge in [-0.2, -0.15) is 0 Å². The van der Waals surface area contributed by atoms with E-state index >= 15 is 0 Å². The first-order chi connectivity index (χ1) is 9.70. The molecule has 1 heterocycles. The first-order valence-corrected chi connectivity index (χ1v) is 7.06. The monoisotopic (exact) mass is 277 g/mol. The molecule has 0 aromatic heterocycles. The van der Waals surface area contributed by atoms with Gasteiger partial charge in [0.1, 0.15) is 5.75 Å². The summed E-state index contributed by atoms with van der Waals surface area (Å²) in [5.41, 5.74) is 5.76. The lowest BCUT2D eigenvalue weighted by molar-refractivity contribution is -0.136. The van der Waals surface area contributed by atoms with Crippen LogP contribution >= 0.6 is 0 Å². The first-order valence-electron chi connectivity index (χ1n) is 7.06. The van der Waals surface area contributed by atoms with Gasteiger partial charge < -0.3 is 20.3 Å². The highest BCUT2D eigenvalue weighted by Gasteiger charge is 2.27. The smallest absolute Gasteiger partial charge is 0.226 e. The van der Waals surface area contributed by atoms with E-state index in [4.69, 9.17) is 10.5 Å². The van der Waals surface area contributed by atoms with E-state index in [1.165, 1.54) is 0 Å². The SMILES string of the molecule is CN1CCN(C(=O)CCOc2ccccc2)C(CN)C1. The van der Waals surface area contributed by atoms with Gasteiger partial charge >= 0.3 is 0 Å². The Morgan fingerprint density at radius 1 is 1.35 bits per heavy atom. The van der Waals surface area contributed by atoms with E-state index in [1.54, 1.807) is 0 Å². The highest BCUT2D eigenvalue weighted by atomic mass is 16.5. The second-order valence-corrected chi connectivity index (χ2v) is 5.15. The molecule has 0 saturated carbocycles. The summed E-state index contributed by atoms with van der Waals surface area (Å²) < 4.78 is 5.57.